The van der Waals surface area contributed by atoms with Crippen molar-refractivity contribution in [1.82, 2.24) is 10.2 Å². The average Bonchev–Trinajstić information content (AvgIpc) is 3.11. The number of likely N-dealkylation sites (tertiary alicyclic amines) is 1. The zero-order valence-corrected chi connectivity index (χ0v) is 14.6. The fourth-order valence-electron chi connectivity index (χ4n) is 3.08. The molecule has 23 heavy (non-hydrogen) atoms. The standard InChI is InChI=1S/C19H21BrN2O/c20-17-10-8-16(9-11-17)19(23)21-14-18(22-12-4-5-13-22)15-6-2-1-3-7-15/h1-3,6-11,18H,4-5,12-14H2,(H,21,23). The Morgan fingerprint density at radius 1 is 1.04 bits per heavy atom. The molecule has 3 rings (SSSR count). The van der Waals surface area contributed by atoms with Gasteiger partial charge in [-0.1, -0.05) is 46.3 Å². The summed E-state index contributed by atoms with van der Waals surface area (Å²) >= 11 is 3.39. The van der Waals surface area contributed by atoms with Crippen molar-refractivity contribution in [2.75, 3.05) is 19.6 Å². The number of rotatable bonds is 5. The molecule has 1 unspecified atom stereocenters. The quantitative estimate of drug-likeness (QED) is 0.859. The van der Waals surface area contributed by atoms with Gasteiger partial charge < -0.3 is 5.32 Å². The van der Waals surface area contributed by atoms with E-state index >= 15 is 0 Å². The van der Waals surface area contributed by atoms with Crippen LogP contribution in [0.4, 0.5) is 0 Å². The van der Waals surface area contributed by atoms with Crippen LogP contribution >= 0.6 is 15.9 Å². The number of carbonyl (C=O) groups is 1. The highest BCUT2D eigenvalue weighted by Gasteiger charge is 2.23. The van der Waals surface area contributed by atoms with Crippen molar-refractivity contribution in [3.8, 4) is 0 Å². The van der Waals surface area contributed by atoms with Gasteiger partial charge in [-0.2, -0.15) is 0 Å². The second-order valence-corrected chi connectivity index (χ2v) is 6.80. The molecule has 120 valence electrons. The summed E-state index contributed by atoms with van der Waals surface area (Å²) in [5, 5.41) is 3.10. The Bertz CT molecular complexity index is 636. The monoisotopic (exact) mass is 372 g/mol. The summed E-state index contributed by atoms with van der Waals surface area (Å²) in [6.07, 6.45) is 2.48. The predicted octanol–water partition coefficient (Wildman–Crippen LogP) is 4.02. The maximum Gasteiger partial charge on any atom is 0.251 e. The molecule has 0 aliphatic carbocycles. The van der Waals surface area contributed by atoms with Crippen LogP contribution in [0.3, 0.4) is 0 Å². The Hall–Kier alpha value is -1.65. The van der Waals surface area contributed by atoms with Gasteiger partial charge in [-0.05, 0) is 55.8 Å². The van der Waals surface area contributed by atoms with Crippen molar-refractivity contribution in [3.63, 3.8) is 0 Å². The minimum Gasteiger partial charge on any atom is -0.350 e. The van der Waals surface area contributed by atoms with Crippen LogP contribution in [0.5, 0.6) is 0 Å². The first-order chi connectivity index (χ1) is 11.2. The highest BCUT2D eigenvalue weighted by molar-refractivity contribution is 9.10. The summed E-state index contributed by atoms with van der Waals surface area (Å²) < 4.78 is 0.980. The van der Waals surface area contributed by atoms with Crippen molar-refractivity contribution in [2.45, 2.75) is 18.9 Å². The molecule has 2 aromatic rings. The fraction of sp³-hybridized carbons (Fsp3) is 0.316. The van der Waals surface area contributed by atoms with Gasteiger partial charge in [0, 0.05) is 16.6 Å². The molecule has 1 atom stereocenters. The lowest BCUT2D eigenvalue weighted by Gasteiger charge is -2.28. The molecule has 1 aliphatic rings. The summed E-state index contributed by atoms with van der Waals surface area (Å²) in [6.45, 7) is 2.85. The number of nitrogens with one attached hydrogen (secondary N) is 1. The third-order valence-electron chi connectivity index (χ3n) is 4.33. The number of benzene rings is 2. The van der Waals surface area contributed by atoms with Gasteiger partial charge in [0.1, 0.15) is 0 Å². The topological polar surface area (TPSA) is 32.3 Å². The minimum absolute atomic E-state index is 0.0161. The summed E-state index contributed by atoms with van der Waals surface area (Å²) in [7, 11) is 0. The molecule has 4 heteroatoms. The van der Waals surface area contributed by atoms with E-state index in [1.54, 1.807) is 0 Å². The maximum atomic E-state index is 12.4. The molecule has 1 amide bonds. The number of hydrogen-bond acceptors (Lipinski definition) is 2. The molecule has 0 radical (unpaired) electrons. The highest BCUT2D eigenvalue weighted by Crippen LogP contribution is 2.24. The second kappa shape index (κ2) is 7.75. The van der Waals surface area contributed by atoms with Gasteiger partial charge in [-0.15, -0.1) is 0 Å². The third kappa shape index (κ3) is 4.21. The second-order valence-electron chi connectivity index (χ2n) is 5.89. The van der Waals surface area contributed by atoms with E-state index < -0.39 is 0 Å². The average molecular weight is 373 g/mol. The first-order valence-corrected chi connectivity index (χ1v) is 8.86. The van der Waals surface area contributed by atoms with Gasteiger partial charge in [-0.3, -0.25) is 9.69 Å². The fourth-order valence-corrected chi connectivity index (χ4v) is 3.34. The number of carbonyl (C=O) groups excluding carboxylic acids is 1. The van der Waals surface area contributed by atoms with E-state index in [1.807, 2.05) is 30.3 Å². The van der Waals surface area contributed by atoms with E-state index in [1.165, 1.54) is 18.4 Å². The molecular weight excluding hydrogens is 352 g/mol. The number of amides is 1. The van der Waals surface area contributed by atoms with Gasteiger partial charge in [-0.25, -0.2) is 0 Å². The van der Waals surface area contributed by atoms with E-state index in [4.69, 9.17) is 0 Å². The predicted molar refractivity (Wildman–Crippen MR) is 96.5 cm³/mol. The van der Waals surface area contributed by atoms with Crippen molar-refractivity contribution in [3.05, 3.63) is 70.2 Å². The Morgan fingerprint density at radius 2 is 1.70 bits per heavy atom. The normalized spacial score (nSPS) is 16.2. The molecule has 1 fully saturated rings. The molecule has 2 aromatic carbocycles. The zero-order chi connectivity index (χ0) is 16.1. The van der Waals surface area contributed by atoms with Gasteiger partial charge >= 0.3 is 0 Å². The van der Waals surface area contributed by atoms with Crippen LogP contribution in [-0.2, 0) is 0 Å². The van der Waals surface area contributed by atoms with Crippen LogP contribution in [0.1, 0.15) is 34.8 Å². The molecule has 0 spiro atoms. The summed E-state index contributed by atoms with van der Waals surface area (Å²) in [5.41, 5.74) is 1.96. The van der Waals surface area contributed by atoms with Gasteiger partial charge in [0.25, 0.3) is 5.91 Å². The molecular formula is C19H21BrN2O. The summed E-state index contributed by atoms with van der Waals surface area (Å²) in [6, 6.07) is 18.2. The van der Waals surface area contributed by atoms with Crippen LogP contribution < -0.4 is 5.32 Å². The van der Waals surface area contributed by atoms with Gasteiger partial charge in [0.05, 0.1) is 6.04 Å². The first-order valence-electron chi connectivity index (χ1n) is 8.07. The molecule has 0 bridgehead atoms. The van der Waals surface area contributed by atoms with E-state index in [0.29, 0.717) is 12.1 Å². The molecule has 3 nitrogen and oxygen atoms in total. The van der Waals surface area contributed by atoms with Crippen molar-refractivity contribution < 1.29 is 4.79 Å². The molecule has 1 aliphatic heterocycles. The van der Waals surface area contributed by atoms with E-state index in [9.17, 15) is 4.79 Å². The van der Waals surface area contributed by atoms with Crippen molar-refractivity contribution in [2.24, 2.45) is 0 Å². The zero-order valence-electron chi connectivity index (χ0n) is 13.0. The van der Waals surface area contributed by atoms with Crippen LogP contribution in [0, 0.1) is 0 Å². The van der Waals surface area contributed by atoms with Crippen LogP contribution in [0.25, 0.3) is 0 Å². The third-order valence-corrected chi connectivity index (χ3v) is 4.86. The van der Waals surface area contributed by atoms with Crippen molar-refractivity contribution in [1.29, 1.82) is 0 Å². The van der Waals surface area contributed by atoms with Crippen LogP contribution in [-0.4, -0.2) is 30.4 Å². The van der Waals surface area contributed by atoms with Gasteiger partial charge in [0.15, 0.2) is 0 Å². The molecule has 1 N–H and O–H groups in total. The Balaban J connectivity index is 1.69. The largest absolute Gasteiger partial charge is 0.350 e. The maximum absolute atomic E-state index is 12.4. The lowest BCUT2D eigenvalue weighted by atomic mass is 10.1. The summed E-state index contributed by atoms with van der Waals surface area (Å²) in [5.74, 6) is -0.0161. The van der Waals surface area contributed by atoms with E-state index in [0.717, 1.165) is 17.6 Å². The minimum atomic E-state index is -0.0161. The number of halogens is 1. The lowest BCUT2D eigenvalue weighted by Crippen LogP contribution is -2.36. The summed E-state index contributed by atoms with van der Waals surface area (Å²) in [4.78, 5) is 14.8. The Morgan fingerprint density at radius 3 is 2.35 bits per heavy atom. The van der Waals surface area contributed by atoms with E-state index in [2.05, 4.69) is 50.4 Å². The van der Waals surface area contributed by atoms with Crippen LogP contribution in [0.2, 0.25) is 0 Å². The molecule has 0 aromatic heterocycles. The molecule has 1 saturated heterocycles. The Kier molecular flexibility index (Phi) is 5.47. The number of nitrogens with zero attached hydrogens (tertiary/aromatic N) is 1. The highest BCUT2D eigenvalue weighted by atomic mass is 79.9. The van der Waals surface area contributed by atoms with Crippen molar-refractivity contribution >= 4 is 21.8 Å². The first kappa shape index (κ1) is 16.2. The van der Waals surface area contributed by atoms with Crippen LogP contribution in [0.15, 0.2) is 59.1 Å². The smallest absolute Gasteiger partial charge is 0.251 e. The molecule has 1 heterocycles. The number of hydrogen-bond donors (Lipinski definition) is 1. The van der Waals surface area contributed by atoms with E-state index in [-0.39, 0.29) is 11.9 Å². The Labute approximate surface area is 145 Å². The molecule has 0 saturated carbocycles. The lowest BCUT2D eigenvalue weighted by molar-refractivity contribution is 0.0938. The SMILES string of the molecule is O=C(NCC(c1ccccc1)N1CCCC1)c1ccc(Br)cc1. The van der Waals surface area contributed by atoms with Gasteiger partial charge in [0.2, 0.25) is 0 Å².